The summed E-state index contributed by atoms with van der Waals surface area (Å²) < 4.78 is 0. The summed E-state index contributed by atoms with van der Waals surface area (Å²) in [6.07, 6.45) is 19.1. The predicted octanol–water partition coefficient (Wildman–Crippen LogP) is 5.20. The quantitative estimate of drug-likeness (QED) is 0.252. The first-order valence-corrected chi connectivity index (χ1v) is 20.7. The number of aliphatic imine (C=N–C) groups is 10. The normalized spacial score (nSPS) is 16.9. The van der Waals surface area contributed by atoms with Gasteiger partial charge in [0.2, 0.25) is 0 Å². The van der Waals surface area contributed by atoms with Gasteiger partial charge in [0, 0.05) is 88.3 Å². The average Bonchev–Trinajstić information content (AvgIpc) is 3.24. The topological polar surface area (TPSA) is 148 Å². The SMILES string of the molecule is C1=NCCN=Cc2cc3cc(c2)C=NCCN=Cc2cc4cc(c2)CNCCNCc2cc(cc(c2)C=NCCN=C3)C=NCCN=Cc2cc1cc(c2)C=NCCN=C4. The lowest BCUT2D eigenvalue weighted by atomic mass is 10.1. The molecule has 304 valence electrons. The van der Waals surface area contributed by atoms with Crippen LogP contribution in [0.25, 0.3) is 0 Å². The highest BCUT2D eigenvalue weighted by Gasteiger charge is 2.04. The van der Waals surface area contributed by atoms with Crippen LogP contribution in [-0.4, -0.2) is 141 Å². The van der Waals surface area contributed by atoms with Crippen LogP contribution in [0.3, 0.4) is 0 Å². The fourth-order valence-corrected chi connectivity index (χ4v) is 6.76. The van der Waals surface area contributed by atoms with Crippen molar-refractivity contribution in [2.45, 2.75) is 13.1 Å². The summed E-state index contributed by atoms with van der Waals surface area (Å²) in [5, 5.41) is 7.22. The highest BCUT2D eigenvalue weighted by atomic mass is 14.9. The van der Waals surface area contributed by atoms with Gasteiger partial charge in [0.25, 0.3) is 0 Å². The molecule has 12 bridgehead atoms. The average molecular weight is 797 g/mol. The molecule has 4 aromatic carbocycles. The molecule has 0 aromatic heterocycles. The maximum absolute atomic E-state index is 4.74. The number of benzene rings is 4. The smallest absolute Gasteiger partial charge is 0.0585 e. The van der Waals surface area contributed by atoms with Crippen molar-refractivity contribution in [1.82, 2.24) is 10.6 Å². The number of rotatable bonds is 0. The second kappa shape index (κ2) is 23.2. The minimum atomic E-state index is 0.547. The zero-order chi connectivity index (χ0) is 40.9. The van der Waals surface area contributed by atoms with Crippen LogP contribution in [0, 0.1) is 0 Å². The monoisotopic (exact) mass is 796 g/mol. The van der Waals surface area contributed by atoms with Crippen LogP contribution in [0.5, 0.6) is 0 Å². The van der Waals surface area contributed by atoms with Crippen LogP contribution >= 0.6 is 0 Å². The molecule has 4 heterocycles. The minimum Gasteiger partial charge on any atom is -0.311 e. The zero-order valence-corrected chi connectivity index (χ0v) is 34.1. The van der Waals surface area contributed by atoms with Crippen molar-refractivity contribution in [3.05, 3.63) is 140 Å². The van der Waals surface area contributed by atoms with Crippen molar-refractivity contribution in [2.75, 3.05) is 78.5 Å². The first-order valence-electron chi connectivity index (χ1n) is 20.7. The summed E-state index contributed by atoms with van der Waals surface area (Å²) in [5.41, 5.74) is 12.3. The molecule has 0 fully saturated rings. The maximum atomic E-state index is 4.74. The maximum Gasteiger partial charge on any atom is 0.0585 e. The van der Waals surface area contributed by atoms with E-state index < -0.39 is 0 Å². The second-order valence-corrected chi connectivity index (χ2v) is 14.6. The Kier molecular flexibility index (Phi) is 16.1. The zero-order valence-electron chi connectivity index (χ0n) is 34.1. The highest BCUT2D eigenvalue weighted by molar-refractivity contribution is 5.93. The van der Waals surface area contributed by atoms with E-state index in [4.69, 9.17) is 49.9 Å². The number of fused-ring (bicyclic) bond motifs is 20. The molecule has 0 atom stereocenters. The lowest BCUT2D eigenvalue weighted by Crippen LogP contribution is -2.27. The van der Waals surface area contributed by atoms with Gasteiger partial charge < -0.3 is 10.6 Å². The van der Waals surface area contributed by atoms with Crippen LogP contribution in [0.15, 0.2) is 123 Å². The lowest BCUT2D eigenvalue weighted by Gasteiger charge is -2.10. The summed E-state index contributed by atoms with van der Waals surface area (Å²) in [7, 11) is 0. The Morgan fingerprint density at radius 2 is 0.400 bits per heavy atom. The second-order valence-electron chi connectivity index (χ2n) is 14.6. The molecule has 4 aliphatic rings. The van der Waals surface area contributed by atoms with Crippen LogP contribution in [0.2, 0.25) is 0 Å². The Balaban J connectivity index is 1.29. The molecule has 0 aliphatic carbocycles. The Hall–Kier alpha value is -6.50. The molecule has 2 N–H and O–H groups in total. The number of nitrogens with zero attached hydrogens (tertiary/aromatic N) is 10. The van der Waals surface area contributed by atoms with E-state index in [9.17, 15) is 0 Å². The van der Waals surface area contributed by atoms with Crippen molar-refractivity contribution in [1.29, 1.82) is 0 Å². The van der Waals surface area contributed by atoms with Crippen LogP contribution in [0.4, 0.5) is 0 Å². The van der Waals surface area contributed by atoms with Gasteiger partial charge in [-0.05, 0) is 140 Å². The highest BCUT2D eigenvalue weighted by Crippen LogP contribution is 2.12. The van der Waals surface area contributed by atoms with Gasteiger partial charge in [0.15, 0.2) is 0 Å². The molecule has 4 aromatic rings. The first-order chi connectivity index (χ1) is 29.7. The fourth-order valence-electron chi connectivity index (χ4n) is 6.76. The molecular formula is C48H52N12. The number of hydrogen-bond acceptors (Lipinski definition) is 12. The molecule has 0 unspecified atom stereocenters. The molecule has 0 saturated heterocycles. The van der Waals surface area contributed by atoms with Gasteiger partial charge >= 0.3 is 0 Å². The van der Waals surface area contributed by atoms with Crippen molar-refractivity contribution in [3.63, 3.8) is 0 Å². The first kappa shape index (κ1) is 41.7. The van der Waals surface area contributed by atoms with Crippen molar-refractivity contribution < 1.29 is 0 Å². The van der Waals surface area contributed by atoms with Gasteiger partial charge in [-0.15, -0.1) is 0 Å². The van der Waals surface area contributed by atoms with E-state index in [0.29, 0.717) is 65.4 Å². The number of hydrogen-bond donors (Lipinski definition) is 2. The lowest BCUT2D eigenvalue weighted by molar-refractivity contribution is 0.611. The van der Waals surface area contributed by atoms with E-state index in [1.54, 1.807) is 0 Å². The Bertz CT molecular complexity index is 2070. The number of nitrogens with one attached hydrogen (secondary N) is 2. The summed E-state index contributed by atoms with van der Waals surface area (Å²) >= 11 is 0. The van der Waals surface area contributed by atoms with Gasteiger partial charge in [-0.25, -0.2) is 0 Å². The molecule has 0 spiro atoms. The predicted molar refractivity (Wildman–Crippen MR) is 254 cm³/mol. The van der Waals surface area contributed by atoms with E-state index in [0.717, 1.165) is 92.9 Å². The van der Waals surface area contributed by atoms with Gasteiger partial charge in [0.1, 0.15) is 0 Å². The van der Waals surface area contributed by atoms with Crippen molar-refractivity contribution in [3.8, 4) is 0 Å². The van der Waals surface area contributed by atoms with E-state index in [1.165, 1.54) is 0 Å². The fraction of sp³-hybridized carbons (Fsp3) is 0.292. The summed E-state index contributed by atoms with van der Waals surface area (Å²) in [5.74, 6) is 0. The summed E-state index contributed by atoms with van der Waals surface area (Å²) in [6.45, 7) is 8.65. The van der Waals surface area contributed by atoms with Crippen LogP contribution < -0.4 is 10.6 Å². The van der Waals surface area contributed by atoms with Crippen LogP contribution in [-0.2, 0) is 13.1 Å². The Morgan fingerprint density at radius 1 is 0.233 bits per heavy atom. The standard InChI is InChI=1S/C48H52N12/c1-2-50-26-38-15-41-18-42(16-38)30-54-8-10-58-34-46-20-44-22-48(24-46)36-60-12-11-59-35-47-21-43(19-45(23-47)33-57-9-7-53-29-41)31-55-5-3-51-27-39-13-37(25-49-1)14-40(17-39)28-52-4-6-56-32-44/h13-34,59-60H,1-12,35-36H2. The van der Waals surface area contributed by atoms with E-state index in [2.05, 4.69) is 83.4 Å². The molecule has 0 amide bonds. The van der Waals surface area contributed by atoms with E-state index >= 15 is 0 Å². The molecule has 4 aliphatic heterocycles. The summed E-state index contributed by atoms with van der Waals surface area (Å²) in [6, 6.07) is 25.5. The molecule has 0 saturated carbocycles. The molecule has 8 rings (SSSR count). The van der Waals surface area contributed by atoms with Gasteiger partial charge in [-0.2, -0.15) is 0 Å². The third-order valence-electron chi connectivity index (χ3n) is 9.41. The van der Waals surface area contributed by atoms with Crippen LogP contribution in [0.1, 0.15) is 66.8 Å². The third kappa shape index (κ3) is 14.4. The van der Waals surface area contributed by atoms with Gasteiger partial charge in [-0.3, -0.25) is 49.9 Å². The van der Waals surface area contributed by atoms with E-state index in [-0.39, 0.29) is 0 Å². The van der Waals surface area contributed by atoms with Gasteiger partial charge in [-0.1, -0.05) is 0 Å². The van der Waals surface area contributed by atoms with E-state index in [1.807, 2.05) is 62.1 Å². The summed E-state index contributed by atoms with van der Waals surface area (Å²) in [4.78, 5) is 47.3. The molecule has 0 radical (unpaired) electrons. The van der Waals surface area contributed by atoms with Gasteiger partial charge in [0.05, 0.1) is 65.4 Å². The third-order valence-corrected chi connectivity index (χ3v) is 9.41. The molecule has 60 heavy (non-hydrogen) atoms. The van der Waals surface area contributed by atoms with Crippen molar-refractivity contribution in [2.24, 2.45) is 49.9 Å². The Labute approximate surface area is 352 Å². The van der Waals surface area contributed by atoms with Crippen molar-refractivity contribution >= 4 is 62.1 Å². The minimum absolute atomic E-state index is 0.547. The Morgan fingerprint density at radius 3 is 0.583 bits per heavy atom. The molecule has 12 nitrogen and oxygen atoms in total. The largest absolute Gasteiger partial charge is 0.311 e. The molecule has 12 heteroatoms. The molecular weight excluding hydrogens is 745 g/mol.